The van der Waals surface area contributed by atoms with Crippen molar-refractivity contribution in [3.63, 3.8) is 0 Å². The van der Waals surface area contributed by atoms with Gasteiger partial charge in [0.05, 0.1) is 21.2 Å². The number of urea groups is 1. The summed E-state index contributed by atoms with van der Waals surface area (Å²) in [6.45, 7) is 4.60. The average Bonchev–Trinajstić information content (AvgIpc) is 3.01. The van der Waals surface area contributed by atoms with Crippen LogP contribution in [0.4, 0.5) is 36.8 Å². The van der Waals surface area contributed by atoms with Crippen LogP contribution < -0.4 is 4.90 Å². The minimum absolute atomic E-state index is 0.0103. The van der Waals surface area contributed by atoms with Crippen molar-refractivity contribution in [3.05, 3.63) is 63.1 Å². The Balaban J connectivity index is 1.64. The van der Waals surface area contributed by atoms with E-state index in [1.165, 1.54) is 11.8 Å². The second-order valence-electron chi connectivity index (χ2n) is 11.6. The van der Waals surface area contributed by atoms with Crippen molar-refractivity contribution in [1.29, 1.82) is 0 Å². The van der Waals surface area contributed by atoms with E-state index < -0.39 is 47.2 Å². The summed E-state index contributed by atoms with van der Waals surface area (Å²) in [4.78, 5) is 44.8. The number of carbonyl (C=O) groups excluding carboxylic acids is 3. The Hall–Kier alpha value is -3.19. The fourth-order valence-electron chi connectivity index (χ4n) is 6.23. The number of carbonyl (C=O) groups is 3. The van der Waals surface area contributed by atoms with E-state index in [1.807, 2.05) is 0 Å². The molecule has 0 saturated carbocycles. The molecule has 15 heteroatoms. The van der Waals surface area contributed by atoms with Gasteiger partial charge in [0.15, 0.2) is 0 Å². The summed E-state index contributed by atoms with van der Waals surface area (Å²) >= 11 is 12.5. The lowest BCUT2D eigenvalue weighted by Crippen LogP contribution is -2.56. The van der Waals surface area contributed by atoms with Crippen LogP contribution >= 0.6 is 23.2 Å². The van der Waals surface area contributed by atoms with Gasteiger partial charge in [-0.1, -0.05) is 29.3 Å². The number of hydrogen-bond donors (Lipinski definition) is 0. The van der Waals surface area contributed by atoms with Gasteiger partial charge in [-0.05, 0) is 62.1 Å². The molecule has 0 N–H and O–H groups in total. The maximum atomic E-state index is 13.9. The minimum atomic E-state index is -5.08. The van der Waals surface area contributed by atoms with Crippen LogP contribution in [0.25, 0.3) is 0 Å². The van der Waals surface area contributed by atoms with Gasteiger partial charge in [0.25, 0.3) is 0 Å². The van der Waals surface area contributed by atoms with Crippen molar-refractivity contribution < 1.29 is 40.7 Å². The number of halogens is 8. The number of likely N-dealkylation sites (tertiary alicyclic amines) is 2. The quantitative estimate of drug-likeness (QED) is 0.304. The van der Waals surface area contributed by atoms with E-state index in [4.69, 9.17) is 23.2 Å². The van der Waals surface area contributed by atoms with Crippen LogP contribution in [0.5, 0.6) is 0 Å². The van der Waals surface area contributed by atoms with Gasteiger partial charge in [-0.15, -0.1) is 0 Å². The number of alkyl halides is 6. The van der Waals surface area contributed by atoms with E-state index in [0.717, 1.165) is 11.9 Å². The van der Waals surface area contributed by atoms with Crippen molar-refractivity contribution in [2.45, 2.75) is 57.4 Å². The third kappa shape index (κ3) is 7.84. The number of anilines is 1. The molecule has 252 valence electrons. The van der Waals surface area contributed by atoms with Crippen LogP contribution in [-0.2, 0) is 21.9 Å². The van der Waals surface area contributed by atoms with Gasteiger partial charge in [0.2, 0.25) is 11.8 Å². The summed E-state index contributed by atoms with van der Waals surface area (Å²) in [5.41, 5.74) is -2.97. The molecule has 4 amide bonds. The second-order valence-corrected chi connectivity index (χ2v) is 12.4. The molecular weight excluding hydrogens is 661 g/mol. The highest BCUT2D eigenvalue weighted by Gasteiger charge is 2.42. The van der Waals surface area contributed by atoms with Crippen molar-refractivity contribution in [1.82, 2.24) is 14.7 Å². The Bertz CT molecular complexity index is 1430. The SMILES string of the molecule is CCN(C(=O)N(C)c1cc(C(F)(F)F)cc(C(F)(F)F)c1)[C@@H]1CCN(C(=O)C2CCN(C(C)=O)CC2)C[C@H]1c1ccc(Cl)c(Cl)c1. The zero-order valence-electron chi connectivity index (χ0n) is 25.4. The zero-order valence-corrected chi connectivity index (χ0v) is 26.9. The van der Waals surface area contributed by atoms with Gasteiger partial charge in [0.1, 0.15) is 0 Å². The Morgan fingerprint density at radius 2 is 1.41 bits per heavy atom. The first-order chi connectivity index (χ1) is 21.4. The maximum Gasteiger partial charge on any atom is 0.416 e. The number of amides is 4. The topological polar surface area (TPSA) is 64.2 Å². The zero-order chi connectivity index (χ0) is 34.1. The minimum Gasteiger partial charge on any atom is -0.343 e. The summed E-state index contributed by atoms with van der Waals surface area (Å²) in [5, 5.41) is 0.532. The van der Waals surface area contributed by atoms with Gasteiger partial charge in [-0.2, -0.15) is 26.3 Å². The fraction of sp³-hybridized carbons (Fsp3) is 0.516. The largest absolute Gasteiger partial charge is 0.416 e. The number of nitrogens with zero attached hydrogens (tertiary/aromatic N) is 4. The molecule has 0 aliphatic carbocycles. The molecule has 4 rings (SSSR count). The molecule has 0 radical (unpaired) electrons. The van der Waals surface area contributed by atoms with Crippen LogP contribution in [0.2, 0.25) is 10.0 Å². The van der Waals surface area contributed by atoms with E-state index in [-0.39, 0.29) is 59.9 Å². The van der Waals surface area contributed by atoms with E-state index in [0.29, 0.717) is 43.6 Å². The lowest BCUT2D eigenvalue weighted by molar-refractivity contribution is -0.143. The summed E-state index contributed by atoms with van der Waals surface area (Å²) < 4.78 is 81.3. The van der Waals surface area contributed by atoms with Crippen molar-refractivity contribution >= 4 is 46.7 Å². The first-order valence-corrected chi connectivity index (χ1v) is 15.5. The molecule has 0 spiro atoms. The standard InChI is InChI=1S/C31H34Cl2F6N4O3/c1-4-43(29(46)40(3)23-15-21(30(34,35)36)14-22(16-23)31(37,38)39)27-9-12-42(17-24(27)20-5-6-25(32)26(33)13-20)28(45)19-7-10-41(11-8-19)18(2)44/h5-6,13-16,19,24,27H,4,7-12,17H2,1-3H3/t24-,27+/m0/s1. The molecule has 2 aliphatic heterocycles. The molecule has 0 aromatic heterocycles. The number of benzene rings is 2. The summed E-state index contributed by atoms with van der Waals surface area (Å²) in [6, 6.07) is 4.57. The van der Waals surface area contributed by atoms with Crippen LogP contribution in [0.3, 0.4) is 0 Å². The molecule has 2 heterocycles. The summed E-state index contributed by atoms with van der Waals surface area (Å²) in [7, 11) is 1.13. The van der Waals surface area contributed by atoms with Gasteiger partial charge in [0, 0.05) is 70.3 Å². The highest BCUT2D eigenvalue weighted by molar-refractivity contribution is 6.42. The molecule has 46 heavy (non-hydrogen) atoms. The molecule has 0 unspecified atom stereocenters. The Labute approximate surface area is 273 Å². The highest BCUT2D eigenvalue weighted by Crippen LogP contribution is 2.40. The predicted molar refractivity (Wildman–Crippen MR) is 162 cm³/mol. The number of hydrogen-bond acceptors (Lipinski definition) is 3. The molecule has 2 aliphatic rings. The molecule has 2 aromatic carbocycles. The Kier molecular flexibility index (Phi) is 10.8. The van der Waals surface area contributed by atoms with Gasteiger partial charge in [-0.25, -0.2) is 4.79 Å². The van der Waals surface area contributed by atoms with Crippen LogP contribution in [0.15, 0.2) is 36.4 Å². The third-order valence-corrected chi connectivity index (χ3v) is 9.52. The Morgan fingerprint density at radius 3 is 1.91 bits per heavy atom. The maximum absolute atomic E-state index is 13.9. The number of rotatable bonds is 5. The molecular formula is C31H34Cl2F6N4O3. The number of likely N-dealkylation sites (N-methyl/N-ethyl adjacent to an activating group) is 1. The molecule has 2 saturated heterocycles. The number of piperidine rings is 2. The highest BCUT2D eigenvalue weighted by atomic mass is 35.5. The molecule has 2 aromatic rings. The second kappa shape index (κ2) is 13.9. The van der Waals surface area contributed by atoms with Gasteiger partial charge in [-0.3, -0.25) is 14.5 Å². The van der Waals surface area contributed by atoms with Crippen molar-refractivity contribution in [2.75, 3.05) is 44.7 Å². The first-order valence-electron chi connectivity index (χ1n) is 14.7. The molecule has 2 fully saturated rings. The van der Waals surface area contributed by atoms with E-state index >= 15 is 0 Å². The van der Waals surface area contributed by atoms with Crippen LogP contribution in [0.1, 0.15) is 55.7 Å². The first kappa shape index (κ1) is 35.7. The third-order valence-electron chi connectivity index (χ3n) is 8.78. The van der Waals surface area contributed by atoms with E-state index in [1.54, 1.807) is 34.9 Å². The monoisotopic (exact) mass is 694 g/mol. The lowest BCUT2D eigenvalue weighted by Gasteiger charge is -2.46. The average molecular weight is 696 g/mol. The van der Waals surface area contributed by atoms with E-state index in [2.05, 4.69) is 0 Å². The van der Waals surface area contributed by atoms with Gasteiger partial charge < -0.3 is 14.7 Å². The fourth-order valence-corrected chi connectivity index (χ4v) is 6.54. The lowest BCUT2D eigenvalue weighted by atomic mass is 9.84. The van der Waals surface area contributed by atoms with Crippen molar-refractivity contribution in [2.24, 2.45) is 5.92 Å². The van der Waals surface area contributed by atoms with E-state index in [9.17, 15) is 40.7 Å². The van der Waals surface area contributed by atoms with Crippen molar-refractivity contribution in [3.8, 4) is 0 Å². The van der Waals surface area contributed by atoms with Crippen LogP contribution in [-0.4, -0.2) is 78.4 Å². The van der Waals surface area contributed by atoms with Gasteiger partial charge >= 0.3 is 18.4 Å². The summed E-state index contributed by atoms with van der Waals surface area (Å²) in [5.74, 6) is -0.933. The normalized spacial score (nSPS) is 19.6. The van der Waals surface area contributed by atoms with Crippen LogP contribution in [0, 0.1) is 5.92 Å². The Morgan fingerprint density at radius 1 is 0.848 bits per heavy atom. The smallest absolute Gasteiger partial charge is 0.343 e. The molecule has 7 nitrogen and oxygen atoms in total. The predicted octanol–water partition coefficient (Wildman–Crippen LogP) is 7.55. The molecule has 2 atom stereocenters. The summed E-state index contributed by atoms with van der Waals surface area (Å²) in [6.07, 6.45) is -8.85. The molecule has 0 bridgehead atoms.